The van der Waals surface area contributed by atoms with Crippen molar-refractivity contribution >= 4 is 15.7 Å². The number of nitrogens with zero attached hydrogens (tertiary/aromatic N) is 2. The fraction of sp³-hybridized carbons (Fsp3) is 0.222. The fourth-order valence-corrected chi connectivity index (χ4v) is 3.63. The molecule has 0 aliphatic carbocycles. The van der Waals surface area contributed by atoms with Gasteiger partial charge in [0.05, 0.1) is 17.4 Å². The lowest BCUT2D eigenvalue weighted by Gasteiger charge is -2.17. The van der Waals surface area contributed by atoms with E-state index in [9.17, 15) is 17.6 Å². The van der Waals surface area contributed by atoms with Crippen LogP contribution in [0.25, 0.3) is 0 Å². The molecule has 2 aromatic rings. The number of carbonyl (C=O) groups is 1. The molecule has 0 atom stereocenters. The van der Waals surface area contributed by atoms with Gasteiger partial charge in [0.2, 0.25) is 5.91 Å². The van der Waals surface area contributed by atoms with E-state index in [2.05, 4.69) is 0 Å². The van der Waals surface area contributed by atoms with E-state index in [0.717, 1.165) is 0 Å². The number of hydrogen-bond acceptors (Lipinski definition) is 4. The highest BCUT2D eigenvalue weighted by atomic mass is 32.2. The number of nitriles is 1. The van der Waals surface area contributed by atoms with Crippen molar-refractivity contribution in [1.82, 2.24) is 4.90 Å². The van der Waals surface area contributed by atoms with E-state index in [-0.39, 0.29) is 18.1 Å². The predicted octanol–water partition coefficient (Wildman–Crippen LogP) is 2.27. The van der Waals surface area contributed by atoms with Crippen LogP contribution in [-0.4, -0.2) is 32.0 Å². The van der Waals surface area contributed by atoms with Crippen LogP contribution in [-0.2, 0) is 26.9 Å². The van der Waals surface area contributed by atoms with Crippen molar-refractivity contribution in [3.05, 3.63) is 71.0 Å². The molecule has 7 heteroatoms. The highest BCUT2D eigenvalue weighted by molar-refractivity contribution is 7.91. The van der Waals surface area contributed by atoms with Crippen LogP contribution in [0.1, 0.15) is 16.7 Å². The van der Waals surface area contributed by atoms with Gasteiger partial charge in [0.1, 0.15) is 11.6 Å². The molecule has 0 radical (unpaired) electrons. The summed E-state index contributed by atoms with van der Waals surface area (Å²) in [5, 5.41) is 8.74. The normalized spacial score (nSPS) is 10.9. The second-order valence-corrected chi connectivity index (χ2v) is 7.78. The summed E-state index contributed by atoms with van der Waals surface area (Å²) in [5.41, 5.74) is 1.67. The molecule has 130 valence electrons. The van der Waals surface area contributed by atoms with Crippen LogP contribution < -0.4 is 0 Å². The number of hydrogen-bond donors (Lipinski definition) is 0. The van der Waals surface area contributed by atoms with Crippen LogP contribution >= 0.6 is 0 Å². The fourth-order valence-electron chi connectivity index (χ4n) is 2.23. The number of amides is 1. The van der Waals surface area contributed by atoms with Crippen LogP contribution in [0.15, 0.2) is 48.5 Å². The summed E-state index contributed by atoms with van der Waals surface area (Å²) in [6.45, 7) is 0.200. The van der Waals surface area contributed by atoms with Gasteiger partial charge in [0, 0.05) is 13.6 Å². The van der Waals surface area contributed by atoms with Gasteiger partial charge in [-0.25, -0.2) is 12.8 Å². The summed E-state index contributed by atoms with van der Waals surface area (Å²) >= 11 is 0. The monoisotopic (exact) mass is 360 g/mol. The average molecular weight is 360 g/mol. The molecule has 0 aliphatic rings. The molecule has 0 spiro atoms. The second-order valence-electron chi connectivity index (χ2n) is 5.72. The Balaban J connectivity index is 1.97. The number of benzene rings is 2. The largest absolute Gasteiger partial charge is 0.341 e. The van der Waals surface area contributed by atoms with Crippen LogP contribution in [0.2, 0.25) is 0 Å². The first-order chi connectivity index (χ1) is 11.8. The molecule has 0 heterocycles. The Morgan fingerprint density at radius 2 is 1.64 bits per heavy atom. The molecule has 0 saturated carbocycles. The Bertz CT molecular complexity index is 885. The Morgan fingerprint density at radius 1 is 1.08 bits per heavy atom. The van der Waals surface area contributed by atoms with Gasteiger partial charge in [-0.15, -0.1) is 0 Å². The van der Waals surface area contributed by atoms with E-state index >= 15 is 0 Å². The van der Waals surface area contributed by atoms with Crippen LogP contribution in [0.4, 0.5) is 4.39 Å². The first-order valence-corrected chi connectivity index (χ1v) is 9.29. The molecule has 2 aromatic carbocycles. The zero-order valence-corrected chi connectivity index (χ0v) is 14.5. The number of sulfone groups is 1. The summed E-state index contributed by atoms with van der Waals surface area (Å²) in [6, 6.07) is 13.8. The molecule has 0 saturated heterocycles. The Kier molecular flexibility index (Phi) is 5.88. The molecule has 0 N–H and O–H groups in total. The highest BCUT2D eigenvalue weighted by Crippen LogP contribution is 2.11. The predicted molar refractivity (Wildman–Crippen MR) is 91.5 cm³/mol. The summed E-state index contributed by atoms with van der Waals surface area (Å²) in [7, 11) is -2.13. The standard InChI is InChI=1S/C18H17FN2O3S/c1-21(11-15-6-8-17(19)9-7-15)18(22)13-25(23,24)12-16-4-2-14(10-20)3-5-16/h2-9H,11-13H2,1H3. The first-order valence-electron chi connectivity index (χ1n) is 7.47. The van der Waals surface area contributed by atoms with Crippen molar-refractivity contribution in [1.29, 1.82) is 5.26 Å². The minimum absolute atomic E-state index is 0.200. The van der Waals surface area contributed by atoms with Crippen molar-refractivity contribution in [2.45, 2.75) is 12.3 Å². The van der Waals surface area contributed by atoms with E-state index in [1.165, 1.54) is 36.2 Å². The quantitative estimate of drug-likeness (QED) is 0.792. The zero-order chi connectivity index (χ0) is 18.4. The molecule has 5 nitrogen and oxygen atoms in total. The molecule has 0 bridgehead atoms. The van der Waals surface area contributed by atoms with E-state index < -0.39 is 21.5 Å². The summed E-state index contributed by atoms with van der Waals surface area (Å²) < 4.78 is 37.3. The van der Waals surface area contributed by atoms with Crippen molar-refractivity contribution < 1.29 is 17.6 Å². The van der Waals surface area contributed by atoms with Gasteiger partial charge >= 0.3 is 0 Å². The Labute approximate surface area is 146 Å². The van der Waals surface area contributed by atoms with Crippen molar-refractivity contribution in [2.24, 2.45) is 0 Å². The summed E-state index contributed by atoms with van der Waals surface area (Å²) in [6.07, 6.45) is 0. The topological polar surface area (TPSA) is 78.2 Å². The second kappa shape index (κ2) is 7.90. The molecular formula is C18H17FN2O3S. The first kappa shape index (κ1) is 18.6. The summed E-state index contributed by atoms with van der Waals surface area (Å²) in [5.74, 6) is -1.78. The third-order valence-corrected chi connectivity index (χ3v) is 5.03. The van der Waals surface area contributed by atoms with Gasteiger partial charge in [0.25, 0.3) is 0 Å². The van der Waals surface area contributed by atoms with Crippen molar-refractivity contribution in [2.75, 3.05) is 12.8 Å². The van der Waals surface area contributed by atoms with E-state index in [0.29, 0.717) is 16.7 Å². The molecule has 0 unspecified atom stereocenters. The SMILES string of the molecule is CN(Cc1ccc(F)cc1)C(=O)CS(=O)(=O)Cc1ccc(C#N)cc1. The summed E-state index contributed by atoms with van der Waals surface area (Å²) in [4.78, 5) is 13.4. The lowest BCUT2D eigenvalue weighted by atomic mass is 10.2. The minimum Gasteiger partial charge on any atom is -0.341 e. The average Bonchev–Trinajstić information content (AvgIpc) is 2.56. The smallest absolute Gasteiger partial charge is 0.237 e. The van der Waals surface area contributed by atoms with Gasteiger partial charge in [-0.05, 0) is 35.4 Å². The maximum absolute atomic E-state index is 12.9. The minimum atomic E-state index is -3.63. The Hall–Kier alpha value is -2.72. The third kappa shape index (κ3) is 5.69. The molecule has 0 aliphatic heterocycles. The molecule has 1 amide bonds. The van der Waals surface area contributed by atoms with E-state index in [1.54, 1.807) is 24.3 Å². The van der Waals surface area contributed by atoms with Crippen molar-refractivity contribution in [3.63, 3.8) is 0 Å². The molecule has 2 rings (SSSR count). The van der Waals surface area contributed by atoms with Gasteiger partial charge in [-0.1, -0.05) is 24.3 Å². The lowest BCUT2D eigenvalue weighted by Crippen LogP contribution is -2.32. The molecule has 0 aromatic heterocycles. The lowest BCUT2D eigenvalue weighted by molar-refractivity contribution is -0.127. The third-order valence-electron chi connectivity index (χ3n) is 3.57. The number of halogens is 1. The zero-order valence-electron chi connectivity index (χ0n) is 13.6. The van der Waals surface area contributed by atoms with E-state index in [1.807, 2.05) is 6.07 Å². The van der Waals surface area contributed by atoms with Crippen LogP contribution in [0.3, 0.4) is 0 Å². The van der Waals surface area contributed by atoms with E-state index in [4.69, 9.17) is 5.26 Å². The molecular weight excluding hydrogens is 343 g/mol. The van der Waals surface area contributed by atoms with Gasteiger partial charge in [-0.3, -0.25) is 4.79 Å². The number of rotatable bonds is 6. The van der Waals surface area contributed by atoms with Gasteiger partial charge < -0.3 is 4.90 Å². The van der Waals surface area contributed by atoms with Gasteiger partial charge in [-0.2, -0.15) is 5.26 Å². The maximum Gasteiger partial charge on any atom is 0.237 e. The van der Waals surface area contributed by atoms with Crippen LogP contribution in [0, 0.1) is 17.1 Å². The number of carbonyl (C=O) groups excluding carboxylic acids is 1. The molecule has 0 fully saturated rings. The van der Waals surface area contributed by atoms with Crippen LogP contribution in [0.5, 0.6) is 0 Å². The Morgan fingerprint density at radius 3 is 2.20 bits per heavy atom. The highest BCUT2D eigenvalue weighted by Gasteiger charge is 2.20. The molecule has 25 heavy (non-hydrogen) atoms. The van der Waals surface area contributed by atoms with Crippen molar-refractivity contribution in [3.8, 4) is 6.07 Å². The maximum atomic E-state index is 12.9. The van der Waals surface area contributed by atoms with Gasteiger partial charge in [0.15, 0.2) is 9.84 Å².